The molecule has 4 aromatic rings. The number of rotatable bonds is 6. The molecule has 2 heterocycles. The number of thiazole rings is 1. The Kier molecular flexibility index (Phi) is 6.67. The number of carbonyl (C=O) groups is 1. The average Bonchev–Trinajstić information content (AvgIpc) is 3.21. The standard InChI is InChI=1S/C29H26N2O5S/c1-5-36-28(33)25-17(2)30-29-31(26(25)22-14-13-20(34-3)16-23(22)35-4)27(32)24(37-29)15-19-11-8-10-18-9-6-7-12-21(18)19/h6-16,26H,5H2,1-4H3/b24-15-/t26-/m0/s1. The predicted molar refractivity (Wildman–Crippen MR) is 144 cm³/mol. The van der Waals surface area contributed by atoms with Gasteiger partial charge in [0, 0.05) is 11.6 Å². The van der Waals surface area contributed by atoms with Crippen molar-refractivity contribution in [3.63, 3.8) is 0 Å². The maximum atomic E-state index is 13.9. The molecule has 0 N–H and O–H groups in total. The van der Waals surface area contributed by atoms with Crippen molar-refractivity contribution in [2.75, 3.05) is 20.8 Å². The molecule has 0 fully saturated rings. The van der Waals surface area contributed by atoms with E-state index in [9.17, 15) is 9.59 Å². The Labute approximate surface area is 217 Å². The lowest BCUT2D eigenvalue weighted by Gasteiger charge is -2.26. The van der Waals surface area contributed by atoms with Crippen molar-refractivity contribution in [2.45, 2.75) is 19.9 Å². The third-order valence-corrected chi connectivity index (χ3v) is 7.35. The Balaban J connectivity index is 1.78. The number of fused-ring (bicyclic) bond motifs is 2. The van der Waals surface area contributed by atoms with E-state index in [2.05, 4.69) is 4.99 Å². The minimum atomic E-state index is -0.772. The Morgan fingerprint density at radius 3 is 2.62 bits per heavy atom. The summed E-state index contributed by atoms with van der Waals surface area (Å²) in [5.74, 6) is 0.571. The van der Waals surface area contributed by atoms with Gasteiger partial charge in [-0.2, -0.15) is 0 Å². The second kappa shape index (κ2) is 10.1. The molecule has 1 aromatic heterocycles. The van der Waals surface area contributed by atoms with Crippen LogP contribution < -0.4 is 24.4 Å². The molecule has 37 heavy (non-hydrogen) atoms. The Bertz CT molecular complexity index is 1730. The van der Waals surface area contributed by atoms with Crippen LogP contribution in [0.1, 0.15) is 31.0 Å². The second-order valence-electron chi connectivity index (χ2n) is 8.48. The van der Waals surface area contributed by atoms with Crippen LogP contribution in [0.5, 0.6) is 11.5 Å². The summed E-state index contributed by atoms with van der Waals surface area (Å²) in [6.45, 7) is 3.71. The molecule has 0 saturated carbocycles. The number of methoxy groups -OCH3 is 2. The average molecular weight is 515 g/mol. The fourth-order valence-corrected chi connectivity index (χ4v) is 5.69. The fourth-order valence-electron chi connectivity index (χ4n) is 4.65. The summed E-state index contributed by atoms with van der Waals surface area (Å²) in [6, 6.07) is 18.6. The van der Waals surface area contributed by atoms with Crippen LogP contribution >= 0.6 is 11.3 Å². The van der Waals surface area contributed by atoms with E-state index < -0.39 is 12.0 Å². The molecule has 0 radical (unpaired) electrons. The number of esters is 1. The van der Waals surface area contributed by atoms with Gasteiger partial charge in [0.05, 0.1) is 36.6 Å². The molecule has 0 aliphatic carbocycles. The van der Waals surface area contributed by atoms with Gasteiger partial charge in [0.15, 0.2) is 4.80 Å². The summed E-state index contributed by atoms with van der Waals surface area (Å²) in [4.78, 5) is 32.3. The summed E-state index contributed by atoms with van der Waals surface area (Å²) >= 11 is 1.29. The van der Waals surface area contributed by atoms with E-state index in [4.69, 9.17) is 14.2 Å². The van der Waals surface area contributed by atoms with Gasteiger partial charge in [0.25, 0.3) is 5.56 Å². The lowest BCUT2D eigenvalue weighted by atomic mass is 9.95. The van der Waals surface area contributed by atoms with Crippen molar-refractivity contribution in [3.05, 3.63) is 103 Å². The first-order valence-corrected chi connectivity index (χ1v) is 12.7. The third kappa shape index (κ3) is 4.34. The van der Waals surface area contributed by atoms with Crippen LogP contribution in [0.15, 0.2) is 81.7 Å². The monoisotopic (exact) mass is 514 g/mol. The Hall–Kier alpha value is -4.17. The van der Waals surface area contributed by atoms with E-state index in [0.29, 0.717) is 37.7 Å². The predicted octanol–water partition coefficient (Wildman–Crippen LogP) is 3.97. The van der Waals surface area contributed by atoms with Crippen molar-refractivity contribution in [3.8, 4) is 11.5 Å². The highest BCUT2D eigenvalue weighted by Crippen LogP contribution is 2.37. The molecule has 8 heteroatoms. The Morgan fingerprint density at radius 2 is 1.86 bits per heavy atom. The van der Waals surface area contributed by atoms with Gasteiger partial charge in [-0.1, -0.05) is 53.8 Å². The normalized spacial score (nSPS) is 15.4. The molecule has 5 rings (SSSR count). The topological polar surface area (TPSA) is 79.1 Å². The molecule has 1 atom stereocenters. The number of carbonyl (C=O) groups excluding carboxylic acids is 1. The van der Waals surface area contributed by atoms with Gasteiger partial charge in [-0.05, 0) is 48.4 Å². The van der Waals surface area contributed by atoms with Crippen molar-refractivity contribution in [1.82, 2.24) is 4.57 Å². The van der Waals surface area contributed by atoms with Gasteiger partial charge in [0.2, 0.25) is 0 Å². The Morgan fingerprint density at radius 1 is 1.08 bits per heavy atom. The highest BCUT2D eigenvalue weighted by Gasteiger charge is 2.35. The van der Waals surface area contributed by atoms with Crippen molar-refractivity contribution in [1.29, 1.82) is 0 Å². The van der Waals surface area contributed by atoms with Gasteiger partial charge in [-0.3, -0.25) is 9.36 Å². The van der Waals surface area contributed by atoms with E-state index in [1.807, 2.05) is 54.6 Å². The van der Waals surface area contributed by atoms with Crippen LogP contribution in [-0.2, 0) is 9.53 Å². The molecule has 3 aromatic carbocycles. The summed E-state index contributed by atoms with van der Waals surface area (Å²) in [5, 5.41) is 2.14. The number of hydrogen-bond donors (Lipinski definition) is 0. The summed E-state index contributed by atoms with van der Waals surface area (Å²) in [6.07, 6.45) is 1.89. The van der Waals surface area contributed by atoms with Crippen molar-refractivity contribution in [2.24, 2.45) is 4.99 Å². The molecule has 1 aliphatic rings. The number of hydrogen-bond acceptors (Lipinski definition) is 7. The highest BCUT2D eigenvalue weighted by molar-refractivity contribution is 7.07. The molecule has 0 bridgehead atoms. The van der Waals surface area contributed by atoms with E-state index >= 15 is 0 Å². The molecular weight excluding hydrogens is 488 g/mol. The quantitative estimate of drug-likeness (QED) is 0.364. The van der Waals surface area contributed by atoms with Gasteiger partial charge in [-0.15, -0.1) is 0 Å². The van der Waals surface area contributed by atoms with E-state index in [1.165, 1.54) is 11.3 Å². The number of ether oxygens (including phenoxy) is 3. The van der Waals surface area contributed by atoms with Crippen molar-refractivity contribution < 1.29 is 19.0 Å². The third-order valence-electron chi connectivity index (χ3n) is 6.36. The van der Waals surface area contributed by atoms with Crippen molar-refractivity contribution >= 4 is 34.2 Å². The summed E-state index contributed by atoms with van der Waals surface area (Å²) < 4.78 is 18.5. The van der Waals surface area contributed by atoms with Crippen LogP contribution in [0.2, 0.25) is 0 Å². The van der Waals surface area contributed by atoms with Crippen LogP contribution in [-0.4, -0.2) is 31.4 Å². The zero-order valence-corrected chi connectivity index (χ0v) is 21.8. The molecule has 188 valence electrons. The molecule has 0 saturated heterocycles. The summed E-state index contributed by atoms with van der Waals surface area (Å²) in [5.41, 5.74) is 2.13. The zero-order valence-electron chi connectivity index (χ0n) is 21.0. The number of benzene rings is 3. The largest absolute Gasteiger partial charge is 0.497 e. The first kappa shape index (κ1) is 24.5. The first-order chi connectivity index (χ1) is 18.0. The first-order valence-electron chi connectivity index (χ1n) is 11.9. The maximum absolute atomic E-state index is 13.9. The SMILES string of the molecule is CCOC(=O)C1=C(C)N=c2s/c(=C\c3cccc4ccccc34)c(=O)n2[C@H]1c1ccc(OC)cc1OC. The molecule has 1 aliphatic heterocycles. The lowest BCUT2D eigenvalue weighted by Crippen LogP contribution is -2.40. The van der Waals surface area contributed by atoms with Gasteiger partial charge < -0.3 is 14.2 Å². The molecule has 0 spiro atoms. The highest BCUT2D eigenvalue weighted by atomic mass is 32.1. The number of aromatic nitrogens is 1. The van der Waals surface area contributed by atoms with Crippen LogP contribution in [0.4, 0.5) is 0 Å². The molecule has 7 nitrogen and oxygen atoms in total. The molecular formula is C29H26N2O5S. The lowest BCUT2D eigenvalue weighted by molar-refractivity contribution is -0.139. The van der Waals surface area contributed by atoms with Crippen LogP contribution in [0.25, 0.3) is 16.8 Å². The number of nitrogens with zero attached hydrogens (tertiary/aromatic N) is 2. The molecule has 0 amide bonds. The van der Waals surface area contributed by atoms with Crippen LogP contribution in [0, 0.1) is 0 Å². The maximum Gasteiger partial charge on any atom is 0.338 e. The smallest absolute Gasteiger partial charge is 0.338 e. The minimum absolute atomic E-state index is 0.202. The minimum Gasteiger partial charge on any atom is -0.497 e. The zero-order chi connectivity index (χ0) is 26.1. The number of allylic oxidation sites excluding steroid dienone is 1. The van der Waals surface area contributed by atoms with E-state index in [-0.39, 0.29) is 12.2 Å². The van der Waals surface area contributed by atoms with Gasteiger partial charge in [0.1, 0.15) is 17.5 Å². The second-order valence-corrected chi connectivity index (χ2v) is 9.49. The van der Waals surface area contributed by atoms with E-state index in [0.717, 1.165) is 16.3 Å². The van der Waals surface area contributed by atoms with E-state index in [1.54, 1.807) is 44.8 Å². The van der Waals surface area contributed by atoms with Crippen LogP contribution in [0.3, 0.4) is 0 Å². The summed E-state index contributed by atoms with van der Waals surface area (Å²) in [7, 11) is 3.11. The van der Waals surface area contributed by atoms with Gasteiger partial charge in [-0.25, -0.2) is 9.79 Å². The van der Waals surface area contributed by atoms with Gasteiger partial charge >= 0.3 is 5.97 Å². The fraction of sp³-hybridized carbons (Fsp3) is 0.207. The molecule has 0 unspecified atom stereocenters.